The van der Waals surface area contributed by atoms with Gasteiger partial charge in [0.15, 0.2) is 0 Å². The molecule has 0 aliphatic carbocycles. The van der Waals surface area contributed by atoms with E-state index in [1.165, 1.54) is 11.1 Å². The summed E-state index contributed by atoms with van der Waals surface area (Å²) in [5, 5.41) is 3.34. The van der Waals surface area contributed by atoms with Gasteiger partial charge in [0.25, 0.3) is 0 Å². The van der Waals surface area contributed by atoms with Crippen LogP contribution >= 0.6 is 0 Å². The molecule has 2 aromatic carbocycles. The van der Waals surface area contributed by atoms with Crippen LogP contribution in [0.3, 0.4) is 0 Å². The minimum absolute atomic E-state index is 0.529. The molecule has 20 heavy (non-hydrogen) atoms. The molecule has 0 bridgehead atoms. The predicted molar refractivity (Wildman–Crippen MR) is 85.7 cm³/mol. The fourth-order valence-electron chi connectivity index (χ4n) is 2.25. The van der Waals surface area contributed by atoms with Crippen molar-refractivity contribution in [2.75, 3.05) is 18.5 Å². The highest BCUT2D eigenvalue weighted by molar-refractivity contribution is 5.42. The second-order valence-corrected chi connectivity index (χ2v) is 5.31. The van der Waals surface area contributed by atoms with Gasteiger partial charge in [-0.3, -0.25) is 0 Å². The van der Waals surface area contributed by atoms with E-state index in [0.717, 1.165) is 18.0 Å². The van der Waals surface area contributed by atoms with Crippen LogP contribution in [0.25, 0.3) is 0 Å². The van der Waals surface area contributed by atoms with Crippen LogP contribution in [0.15, 0.2) is 48.5 Å². The lowest BCUT2D eigenvalue weighted by molar-refractivity contribution is 0.332. The van der Waals surface area contributed by atoms with Crippen molar-refractivity contribution in [1.82, 2.24) is 0 Å². The highest BCUT2D eigenvalue weighted by Crippen LogP contribution is 2.24. The van der Waals surface area contributed by atoms with E-state index in [9.17, 15) is 0 Å². The highest BCUT2D eigenvalue weighted by Gasteiger charge is 2.05. The molecule has 0 aliphatic heterocycles. The molecule has 0 saturated carbocycles. The molecule has 0 amide bonds. The number of aryl methyl sites for hydroxylation is 1. The predicted octanol–water partition coefficient (Wildman–Crippen LogP) is 4.61. The summed E-state index contributed by atoms with van der Waals surface area (Å²) in [5.74, 6) is 1.48. The van der Waals surface area contributed by atoms with Gasteiger partial charge in [-0.15, -0.1) is 0 Å². The Hall–Kier alpha value is -1.96. The van der Waals surface area contributed by atoms with Crippen LogP contribution in [0.1, 0.15) is 30.9 Å². The van der Waals surface area contributed by atoms with Gasteiger partial charge in [0.1, 0.15) is 12.4 Å². The number of hydrogen-bond donors (Lipinski definition) is 1. The fourth-order valence-corrected chi connectivity index (χ4v) is 2.25. The third kappa shape index (κ3) is 4.02. The van der Waals surface area contributed by atoms with Crippen LogP contribution in [0, 0.1) is 6.92 Å². The monoisotopic (exact) mass is 269 g/mol. The van der Waals surface area contributed by atoms with Gasteiger partial charge in [0, 0.05) is 12.2 Å². The molecule has 0 radical (unpaired) electrons. The van der Waals surface area contributed by atoms with E-state index >= 15 is 0 Å². The number of para-hydroxylation sites is 1. The lowest BCUT2D eigenvalue weighted by atomic mass is 9.98. The number of benzene rings is 2. The summed E-state index contributed by atoms with van der Waals surface area (Å²) in [4.78, 5) is 0. The second kappa shape index (κ2) is 6.99. The molecular formula is C18H23NO. The molecule has 1 N–H and O–H groups in total. The van der Waals surface area contributed by atoms with Gasteiger partial charge < -0.3 is 10.1 Å². The quantitative estimate of drug-likeness (QED) is 0.773. The summed E-state index contributed by atoms with van der Waals surface area (Å²) in [6, 6.07) is 16.5. The lowest BCUT2D eigenvalue weighted by Gasteiger charge is -2.13. The Morgan fingerprint density at radius 3 is 2.50 bits per heavy atom. The molecular weight excluding hydrogens is 246 g/mol. The summed E-state index contributed by atoms with van der Waals surface area (Å²) in [6.45, 7) is 8.03. The summed E-state index contributed by atoms with van der Waals surface area (Å²) in [5.41, 5.74) is 3.82. The van der Waals surface area contributed by atoms with E-state index < -0.39 is 0 Å². The molecule has 0 spiro atoms. The van der Waals surface area contributed by atoms with Crippen LogP contribution in [0.5, 0.6) is 5.75 Å². The Bertz CT molecular complexity index is 534. The molecule has 2 aromatic rings. The van der Waals surface area contributed by atoms with Crippen molar-refractivity contribution < 1.29 is 4.74 Å². The Labute approximate surface area is 121 Å². The highest BCUT2D eigenvalue weighted by atomic mass is 16.5. The zero-order chi connectivity index (χ0) is 14.4. The van der Waals surface area contributed by atoms with Crippen LogP contribution < -0.4 is 10.1 Å². The molecule has 2 nitrogen and oxygen atoms in total. The molecule has 0 saturated heterocycles. The van der Waals surface area contributed by atoms with Crippen LogP contribution in [0.4, 0.5) is 5.69 Å². The van der Waals surface area contributed by atoms with Crippen LogP contribution in [-0.4, -0.2) is 13.2 Å². The van der Waals surface area contributed by atoms with Crippen LogP contribution in [0.2, 0.25) is 0 Å². The molecule has 0 unspecified atom stereocenters. The Balaban J connectivity index is 1.84. The zero-order valence-electron chi connectivity index (χ0n) is 12.5. The van der Waals surface area contributed by atoms with Gasteiger partial charge in [-0.25, -0.2) is 0 Å². The summed E-state index contributed by atoms with van der Waals surface area (Å²) in [6.07, 6.45) is 0. The third-order valence-corrected chi connectivity index (χ3v) is 3.35. The Morgan fingerprint density at radius 1 is 1.05 bits per heavy atom. The number of nitrogens with one attached hydrogen (secondary N) is 1. The van der Waals surface area contributed by atoms with Gasteiger partial charge >= 0.3 is 0 Å². The van der Waals surface area contributed by atoms with Crippen molar-refractivity contribution in [3.63, 3.8) is 0 Å². The normalized spacial score (nSPS) is 10.6. The SMILES string of the molecule is Cc1ccc(OCCNc2ccccc2)cc1C(C)C. The first-order valence-corrected chi connectivity index (χ1v) is 7.19. The number of ether oxygens (including phenoxy) is 1. The molecule has 0 aliphatic rings. The molecule has 2 rings (SSSR count). The first-order chi connectivity index (χ1) is 9.66. The maximum atomic E-state index is 5.81. The molecule has 0 fully saturated rings. The minimum Gasteiger partial charge on any atom is -0.492 e. The number of hydrogen-bond acceptors (Lipinski definition) is 2. The van der Waals surface area contributed by atoms with E-state index in [-0.39, 0.29) is 0 Å². The summed E-state index contributed by atoms with van der Waals surface area (Å²) in [7, 11) is 0. The van der Waals surface area contributed by atoms with Gasteiger partial charge in [0.2, 0.25) is 0 Å². The zero-order valence-corrected chi connectivity index (χ0v) is 12.5. The van der Waals surface area contributed by atoms with E-state index in [1.807, 2.05) is 24.3 Å². The Morgan fingerprint density at radius 2 is 1.80 bits per heavy atom. The van der Waals surface area contributed by atoms with Crippen molar-refractivity contribution in [3.05, 3.63) is 59.7 Å². The van der Waals surface area contributed by atoms with Crippen molar-refractivity contribution >= 4 is 5.69 Å². The third-order valence-electron chi connectivity index (χ3n) is 3.35. The first-order valence-electron chi connectivity index (χ1n) is 7.19. The second-order valence-electron chi connectivity index (χ2n) is 5.31. The lowest BCUT2D eigenvalue weighted by Crippen LogP contribution is -2.11. The summed E-state index contributed by atoms with van der Waals surface area (Å²) >= 11 is 0. The topological polar surface area (TPSA) is 21.3 Å². The van der Waals surface area contributed by atoms with Crippen molar-refractivity contribution in [2.45, 2.75) is 26.7 Å². The van der Waals surface area contributed by atoms with Gasteiger partial charge in [0.05, 0.1) is 0 Å². The van der Waals surface area contributed by atoms with Gasteiger partial charge in [-0.2, -0.15) is 0 Å². The van der Waals surface area contributed by atoms with Crippen molar-refractivity contribution in [2.24, 2.45) is 0 Å². The number of rotatable bonds is 6. The van der Waals surface area contributed by atoms with E-state index in [1.54, 1.807) is 0 Å². The standard InChI is InChI=1S/C18H23NO/c1-14(2)18-13-17(10-9-15(18)3)20-12-11-19-16-7-5-4-6-8-16/h4-10,13-14,19H,11-12H2,1-3H3. The fraction of sp³-hybridized carbons (Fsp3) is 0.333. The largest absolute Gasteiger partial charge is 0.492 e. The minimum atomic E-state index is 0.529. The van der Waals surface area contributed by atoms with E-state index in [2.05, 4.69) is 50.4 Å². The van der Waals surface area contributed by atoms with E-state index in [4.69, 9.17) is 4.74 Å². The van der Waals surface area contributed by atoms with Gasteiger partial charge in [-0.05, 0) is 48.2 Å². The smallest absolute Gasteiger partial charge is 0.119 e. The molecule has 0 atom stereocenters. The maximum absolute atomic E-state index is 5.81. The Kier molecular flexibility index (Phi) is 5.05. The first kappa shape index (κ1) is 14.4. The average Bonchev–Trinajstić information content (AvgIpc) is 2.46. The van der Waals surface area contributed by atoms with Crippen molar-refractivity contribution in [3.8, 4) is 5.75 Å². The van der Waals surface area contributed by atoms with Crippen LogP contribution in [-0.2, 0) is 0 Å². The maximum Gasteiger partial charge on any atom is 0.119 e. The molecule has 0 aromatic heterocycles. The van der Waals surface area contributed by atoms with Gasteiger partial charge in [-0.1, -0.05) is 38.1 Å². The average molecular weight is 269 g/mol. The molecule has 2 heteroatoms. The molecule has 106 valence electrons. The van der Waals surface area contributed by atoms with Crippen molar-refractivity contribution in [1.29, 1.82) is 0 Å². The summed E-state index contributed by atoms with van der Waals surface area (Å²) < 4.78 is 5.81. The number of anilines is 1. The molecule has 0 heterocycles. The van der Waals surface area contributed by atoms with E-state index in [0.29, 0.717) is 12.5 Å².